The quantitative estimate of drug-likeness (QED) is 0.553. The Labute approximate surface area is 178 Å². The minimum atomic E-state index is 0.847. The molecule has 1 aliphatic heterocycles. The van der Waals surface area contributed by atoms with Crippen LogP contribution in [-0.2, 0) is 20.0 Å². The molecule has 0 bridgehead atoms. The van der Waals surface area contributed by atoms with Crippen molar-refractivity contribution in [3.8, 4) is 0 Å². The Morgan fingerprint density at radius 2 is 1.93 bits per heavy atom. The van der Waals surface area contributed by atoms with E-state index in [1.165, 1.54) is 33.8 Å². The van der Waals surface area contributed by atoms with Gasteiger partial charge in [-0.15, -0.1) is 11.3 Å². The molecule has 3 aromatic rings. The van der Waals surface area contributed by atoms with Crippen molar-refractivity contribution >= 4 is 28.7 Å². The molecule has 0 fully saturated rings. The van der Waals surface area contributed by atoms with E-state index < -0.39 is 0 Å². The molecule has 1 aliphatic rings. The monoisotopic (exact) mass is 409 g/mol. The largest absolute Gasteiger partial charge is 0.350 e. The number of hydrogen-bond acceptors (Lipinski definition) is 5. The molecule has 0 radical (unpaired) electrons. The van der Waals surface area contributed by atoms with Gasteiger partial charge in [0, 0.05) is 43.0 Å². The van der Waals surface area contributed by atoms with Crippen LogP contribution in [0.4, 0.5) is 17.3 Å². The molecule has 0 N–H and O–H groups in total. The summed E-state index contributed by atoms with van der Waals surface area (Å²) < 4.78 is 2.09. The maximum atomic E-state index is 5.03. The van der Waals surface area contributed by atoms with E-state index in [4.69, 9.17) is 5.10 Å². The molecule has 0 unspecified atom stereocenters. The van der Waals surface area contributed by atoms with Crippen molar-refractivity contribution in [3.63, 3.8) is 0 Å². The molecule has 1 aromatic carbocycles. The normalized spacial score (nSPS) is 13.6. The first kappa shape index (κ1) is 20.0. The predicted molar refractivity (Wildman–Crippen MR) is 123 cm³/mol. The van der Waals surface area contributed by atoms with Gasteiger partial charge in [0.1, 0.15) is 10.8 Å². The minimum Gasteiger partial charge on any atom is -0.350 e. The molecular weight excluding hydrogens is 378 g/mol. The summed E-state index contributed by atoms with van der Waals surface area (Å²) in [4.78, 5) is 9.43. The van der Waals surface area contributed by atoms with Gasteiger partial charge in [0.25, 0.3) is 0 Å². The van der Waals surface area contributed by atoms with Crippen LogP contribution in [0.25, 0.3) is 0 Å². The first-order valence-corrected chi connectivity index (χ1v) is 11.4. The first-order chi connectivity index (χ1) is 14.0. The first-order valence-electron chi connectivity index (χ1n) is 10.5. The average molecular weight is 410 g/mol. The van der Waals surface area contributed by atoms with Crippen LogP contribution in [-0.4, -0.2) is 27.9 Å². The van der Waals surface area contributed by atoms with Crippen molar-refractivity contribution in [1.82, 2.24) is 14.8 Å². The van der Waals surface area contributed by atoms with Gasteiger partial charge in [-0.05, 0) is 51.2 Å². The Morgan fingerprint density at radius 3 is 2.59 bits per heavy atom. The number of thiazole rings is 1. The van der Waals surface area contributed by atoms with Crippen molar-refractivity contribution < 1.29 is 0 Å². The lowest BCUT2D eigenvalue weighted by atomic mass is 10.0. The Kier molecular flexibility index (Phi) is 5.63. The fraction of sp³-hybridized carbons (Fsp3) is 0.478. The lowest BCUT2D eigenvalue weighted by Crippen LogP contribution is -2.29. The summed E-state index contributed by atoms with van der Waals surface area (Å²) in [5.41, 5.74) is 6.68. The number of benzene rings is 1. The van der Waals surface area contributed by atoms with Crippen LogP contribution < -0.4 is 9.80 Å². The van der Waals surface area contributed by atoms with Crippen molar-refractivity contribution in [2.24, 2.45) is 7.05 Å². The summed E-state index contributed by atoms with van der Waals surface area (Å²) in [5, 5.41) is 8.25. The van der Waals surface area contributed by atoms with Crippen LogP contribution in [0.1, 0.15) is 47.0 Å². The molecule has 154 valence electrons. The molecule has 3 heterocycles. The summed E-state index contributed by atoms with van der Waals surface area (Å²) in [6.45, 7) is 11.7. The highest BCUT2D eigenvalue weighted by Crippen LogP contribution is 2.41. The maximum Gasteiger partial charge on any atom is 0.160 e. The van der Waals surface area contributed by atoms with E-state index in [0.717, 1.165) is 49.7 Å². The molecule has 0 atom stereocenters. The smallest absolute Gasteiger partial charge is 0.160 e. The topological polar surface area (TPSA) is 37.2 Å². The zero-order chi connectivity index (χ0) is 20.5. The van der Waals surface area contributed by atoms with Crippen molar-refractivity contribution in [2.75, 3.05) is 22.9 Å². The van der Waals surface area contributed by atoms with Gasteiger partial charge in [0.15, 0.2) is 5.82 Å². The number of nitrogens with zero attached hydrogens (tertiary/aromatic N) is 5. The lowest BCUT2D eigenvalue weighted by Gasteiger charge is -2.32. The van der Waals surface area contributed by atoms with Crippen LogP contribution in [0.2, 0.25) is 0 Å². The molecule has 2 aromatic heterocycles. The van der Waals surface area contributed by atoms with E-state index in [1.54, 1.807) is 11.3 Å². The van der Waals surface area contributed by atoms with Gasteiger partial charge in [0.05, 0.1) is 6.54 Å². The number of aromatic nitrogens is 3. The molecule has 6 heteroatoms. The predicted octanol–water partition coefficient (Wildman–Crippen LogP) is 5.30. The van der Waals surface area contributed by atoms with Crippen molar-refractivity contribution in [1.29, 1.82) is 0 Å². The number of hydrogen-bond donors (Lipinski definition) is 0. The highest BCUT2D eigenvalue weighted by molar-refractivity contribution is 7.09. The fourth-order valence-corrected chi connectivity index (χ4v) is 5.37. The second kappa shape index (κ2) is 8.19. The Hall–Kier alpha value is -2.34. The average Bonchev–Trinajstić information content (AvgIpc) is 3.28. The molecule has 0 saturated carbocycles. The third kappa shape index (κ3) is 3.78. The number of fused-ring (bicyclic) bond motifs is 1. The van der Waals surface area contributed by atoms with Gasteiger partial charge in [-0.3, -0.25) is 4.68 Å². The molecule has 29 heavy (non-hydrogen) atoms. The summed E-state index contributed by atoms with van der Waals surface area (Å²) in [6, 6.07) is 4.57. The third-order valence-electron chi connectivity index (χ3n) is 5.66. The zero-order valence-electron chi connectivity index (χ0n) is 18.2. The van der Waals surface area contributed by atoms with Crippen LogP contribution in [0.15, 0.2) is 23.7 Å². The Balaban J connectivity index is 1.77. The van der Waals surface area contributed by atoms with Gasteiger partial charge in [-0.2, -0.15) is 5.10 Å². The van der Waals surface area contributed by atoms with E-state index in [1.807, 2.05) is 6.20 Å². The SMILES string of the molecule is CCCN(Cc1nccs1)c1c2c(nn1C)N(c1c(C)cc(C)cc1C)CCC2. The van der Waals surface area contributed by atoms with E-state index in [9.17, 15) is 0 Å². The molecule has 5 nitrogen and oxygen atoms in total. The maximum absolute atomic E-state index is 5.03. The van der Waals surface area contributed by atoms with Crippen molar-refractivity contribution in [2.45, 2.75) is 53.5 Å². The second-order valence-corrected chi connectivity index (χ2v) is 9.08. The fourth-order valence-electron chi connectivity index (χ4n) is 4.74. The summed E-state index contributed by atoms with van der Waals surface area (Å²) in [5.74, 6) is 2.38. The number of aryl methyl sites for hydroxylation is 4. The number of rotatable bonds is 6. The van der Waals surface area contributed by atoms with E-state index in [-0.39, 0.29) is 0 Å². The standard InChI is InChI=1S/C23H31N5S/c1-6-10-27(15-20-24-9-12-29-20)23-19-8-7-11-28(22(19)25-26(23)5)21-17(3)13-16(2)14-18(21)4/h9,12-14H,6-8,10-11,15H2,1-5H3. The Bertz CT molecular complexity index is 966. The van der Waals surface area contributed by atoms with Crippen LogP contribution in [0.5, 0.6) is 0 Å². The summed E-state index contributed by atoms with van der Waals surface area (Å²) in [6.07, 6.45) is 5.23. The molecule has 0 aliphatic carbocycles. The molecule has 0 spiro atoms. The highest BCUT2D eigenvalue weighted by Gasteiger charge is 2.30. The molecule has 0 saturated heterocycles. The van der Waals surface area contributed by atoms with Gasteiger partial charge in [-0.1, -0.05) is 24.6 Å². The van der Waals surface area contributed by atoms with Crippen LogP contribution >= 0.6 is 11.3 Å². The van der Waals surface area contributed by atoms with Crippen LogP contribution in [0.3, 0.4) is 0 Å². The third-order valence-corrected chi connectivity index (χ3v) is 6.43. The Morgan fingerprint density at radius 1 is 1.17 bits per heavy atom. The summed E-state index contributed by atoms with van der Waals surface area (Å²) in [7, 11) is 2.09. The second-order valence-electron chi connectivity index (χ2n) is 8.10. The lowest BCUT2D eigenvalue weighted by molar-refractivity contribution is 0.685. The van der Waals surface area contributed by atoms with E-state index >= 15 is 0 Å². The van der Waals surface area contributed by atoms with Crippen LogP contribution in [0, 0.1) is 20.8 Å². The van der Waals surface area contributed by atoms with Gasteiger partial charge < -0.3 is 9.80 Å². The van der Waals surface area contributed by atoms with Crippen molar-refractivity contribution in [3.05, 3.63) is 51.0 Å². The molecule has 4 rings (SSSR count). The van der Waals surface area contributed by atoms with Gasteiger partial charge in [-0.25, -0.2) is 4.98 Å². The molecule has 0 amide bonds. The highest BCUT2D eigenvalue weighted by atomic mass is 32.1. The minimum absolute atomic E-state index is 0.847. The van der Waals surface area contributed by atoms with Gasteiger partial charge >= 0.3 is 0 Å². The zero-order valence-corrected chi connectivity index (χ0v) is 19.0. The summed E-state index contributed by atoms with van der Waals surface area (Å²) >= 11 is 1.73. The number of anilines is 3. The molecular formula is C23H31N5S. The van der Waals surface area contributed by atoms with E-state index in [0.29, 0.717) is 0 Å². The van der Waals surface area contributed by atoms with E-state index in [2.05, 4.69) is 71.7 Å². The van der Waals surface area contributed by atoms with Gasteiger partial charge in [0.2, 0.25) is 0 Å².